The number of benzene rings is 1. The summed E-state index contributed by atoms with van der Waals surface area (Å²) in [6.45, 7) is 6.09. The molecule has 1 saturated heterocycles. The van der Waals surface area contributed by atoms with Crippen molar-refractivity contribution in [1.82, 2.24) is 10.2 Å². The van der Waals surface area contributed by atoms with Gasteiger partial charge in [-0.1, -0.05) is 26.3 Å². The Bertz CT molecular complexity index is 1470. The third-order valence-electron chi connectivity index (χ3n) is 8.86. The van der Waals surface area contributed by atoms with Gasteiger partial charge < -0.3 is 34.9 Å². The molecular weight excluding hydrogens is 566 g/mol. The molecule has 3 N–H and O–H groups in total. The molecule has 238 valence electrons. The van der Waals surface area contributed by atoms with Crippen LogP contribution in [0.3, 0.4) is 0 Å². The molecule has 2 aliphatic rings. The number of carboxylic acids is 1. The molecule has 2 aromatic carbocycles. The molecule has 0 radical (unpaired) electrons. The van der Waals surface area contributed by atoms with Gasteiger partial charge in [0.1, 0.15) is 6.04 Å². The van der Waals surface area contributed by atoms with Crippen molar-refractivity contribution in [2.24, 2.45) is 11.8 Å². The number of aryl methyl sites for hydroxylation is 1. The van der Waals surface area contributed by atoms with Crippen molar-refractivity contribution in [2.75, 3.05) is 39.7 Å². The van der Waals surface area contributed by atoms with E-state index in [4.69, 9.17) is 14.2 Å². The minimum absolute atomic E-state index is 0.105. The normalized spacial score (nSPS) is 17.7. The number of nitrogens with one attached hydrogen (secondary N) is 2. The number of rotatable bonds is 10. The SMILES string of the molecule is CC[C@H](C)[C@H](Nc1ccc2c(cc1=O)[C@@H](NC(C)=O)CCc1cc(OC)c(OC)c(OC)c1-2)C(=O)N1CCC(C(=O)O)CC1. The van der Waals surface area contributed by atoms with E-state index in [9.17, 15) is 24.3 Å². The molecule has 1 heterocycles. The largest absolute Gasteiger partial charge is 0.493 e. The molecule has 1 fully saturated rings. The predicted octanol–water partition coefficient (Wildman–Crippen LogP) is 4.01. The Morgan fingerprint density at radius 2 is 1.70 bits per heavy atom. The number of methoxy groups -OCH3 is 3. The number of anilines is 1. The Hall–Kier alpha value is -4.28. The average Bonchev–Trinajstić information content (AvgIpc) is 3.26. The minimum atomic E-state index is -0.840. The van der Waals surface area contributed by atoms with E-state index in [0.29, 0.717) is 73.6 Å². The van der Waals surface area contributed by atoms with E-state index < -0.39 is 24.0 Å². The van der Waals surface area contributed by atoms with Crippen molar-refractivity contribution in [3.8, 4) is 28.4 Å². The predicted molar refractivity (Wildman–Crippen MR) is 166 cm³/mol. The highest BCUT2D eigenvalue weighted by atomic mass is 16.5. The van der Waals surface area contributed by atoms with E-state index in [1.807, 2.05) is 26.0 Å². The number of carboxylic acid groups (broad SMARTS) is 1. The minimum Gasteiger partial charge on any atom is -0.493 e. The van der Waals surface area contributed by atoms with Crippen molar-refractivity contribution >= 4 is 23.5 Å². The molecule has 0 bridgehead atoms. The van der Waals surface area contributed by atoms with Crippen LogP contribution in [0.2, 0.25) is 0 Å². The zero-order valence-electron chi connectivity index (χ0n) is 26.3. The van der Waals surface area contributed by atoms with Gasteiger partial charge in [-0.05, 0) is 66.5 Å². The standard InChI is InChI=1S/C33H43N3O8/c1-7-18(2)29(32(39)36-14-12-20(13-15-36)33(40)41)35-25-11-9-22-23(17-26(25)38)24(34-19(3)37)10-8-21-16-27(42-4)30(43-5)31(44-6)28(21)22/h9,11,16-18,20,24,29H,7-8,10,12-15H2,1-6H3,(H,34,37)(H,35,38)(H,40,41)/t18-,24-,29-/m0/s1. The Kier molecular flexibility index (Phi) is 10.4. The number of piperidine rings is 1. The van der Waals surface area contributed by atoms with Gasteiger partial charge in [-0.3, -0.25) is 19.2 Å². The van der Waals surface area contributed by atoms with Gasteiger partial charge in [0, 0.05) is 25.6 Å². The van der Waals surface area contributed by atoms with Gasteiger partial charge in [-0.15, -0.1) is 0 Å². The Morgan fingerprint density at radius 1 is 1.02 bits per heavy atom. The third-order valence-corrected chi connectivity index (χ3v) is 8.86. The Labute approximate surface area is 257 Å². The van der Waals surface area contributed by atoms with E-state index in [1.54, 1.807) is 25.2 Å². The summed E-state index contributed by atoms with van der Waals surface area (Å²) in [6.07, 6.45) is 2.60. The Morgan fingerprint density at radius 3 is 2.27 bits per heavy atom. The lowest BCUT2D eigenvalue weighted by atomic mass is 9.93. The van der Waals surface area contributed by atoms with Crippen LogP contribution in [0.1, 0.15) is 63.6 Å². The van der Waals surface area contributed by atoms with E-state index in [2.05, 4.69) is 10.6 Å². The fourth-order valence-electron chi connectivity index (χ4n) is 6.22. The monoisotopic (exact) mass is 609 g/mol. The number of nitrogens with zero attached hydrogens (tertiary/aromatic N) is 1. The highest BCUT2D eigenvalue weighted by Crippen LogP contribution is 2.50. The molecule has 11 nitrogen and oxygen atoms in total. The second kappa shape index (κ2) is 14.0. The van der Waals surface area contributed by atoms with Gasteiger partial charge in [-0.2, -0.15) is 0 Å². The number of amides is 2. The van der Waals surface area contributed by atoms with Crippen LogP contribution in [0.15, 0.2) is 29.1 Å². The van der Waals surface area contributed by atoms with E-state index in [1.165, 1.54) is 20.1 Å². The number of hydrogen-bond acceptors (Lipinski definition) is 8. The summed E-state index contributed by atoms with van der Waals surface area (Å²) in [5.74, 6) is -0.398. The lowest BCUT2D eigenvalue weighted by Crippen LogP contribution is -2.49. The van der Waals surface area contributed by atoms with Gasteiger partial charge in [0.2, 0.25) is 23.0 Å². The molecule has 1 aliphatic carbocycles. The number of fused-ring (bicyclic) bond motifs is 3. The molecule has 3 atom stereocenters. The average molecular weight is 610 g/mol. The van der Waals surface area contributed by atoms with Gasteiger partial charge >= 0.3 is 5.97 Å². The first-order chi connectivity index (χ1) is 21.0. The second-order valence-corrected chi connectivity index (χ2v) is 11.5. The number of carbonyl (C=O) groups is 3. The topological polar surface area (TPSA) is 144 Å². The van der Waals surface area contributed by atoms with Crippen LogP contribution in [0.5, 0.6) is 17.2 Å². The first-order valence-corrected chi connectivity index (χ1v) is 15.1. The summed E-state index contributed by atoms with van der Waals surface area (Å²) in [6, 6.07) is 5.78. The number of hydrogen-bond donors (Lipinski definition) is 3. The van der Waals surface area contributed by atoms with Crippen molar-refractivity contribution in [1.29, 1.82) is 0 Å². The highest BCUT2D eigenvalue weighted by Gasteiger charge is 2.34. The van der Waals surface area contributed by atoms with Crippen molar-refractivity contribution in [3.05, 3.63) is 45.6 Å². The molecule has 0 spiro atoms. The summed E-state index contributed by atoms with van der Waals surface area (Å²) in [5, 5.41) is 15.6. The van der Waals surface area contributed by atoms with Gasteiger partial charge in [0.25, 0.3) is 0 Å². The maximum Gasteiger partial charge on any atom is 0.306 e. The first-order valence-electron chi connectivity index (χ1n) is 15.1. The van der Waals surface area contributed by atoms with Crippen LogP contribution < -0.4 is 30.3 Å². The molecule has 0 aromatic heterocycles. The van der Waals surface area contributed by atoms with Crippen LogP contribution in [0.25, 0.3) is 11.1 Å². The van der Waals surface area contributed by atoms with Crippen LogP contribution in [-0.2, 0) is 20.8 Å². The highest BCUT2D eigenvalue weighted by molar-refractivity contribution is 5.86. The van der Waals surface area contributed by atoms with Crippen molar-refractivity contribution in [3.63, 3.8) is 0 Å². The van der Waals surface area contributed by atoms with Crippen LogP contribution in [-0.4, -0.2) is 68.3 Å². The first kappa shape index (κ1) is 32.6. The number of aliphatic carboxylic acids is 1. The lowest BCUT2D eigenvalue weighted by molar-refractivity contribution is -0.146. The van der Waals surface area contributed by atoms with E-state index in [0.717, 1.165) is 11.1 Å². The third kappa shape index (κ3) is 6.61. The summed E-state index contributed by atoms with van der Waals surface area (Å²) >= 11 is 0. The van der Waals surface area contributed by atoms with E-state index >= 15 is 0 Å². The zero-order valence-corrected chi connectivity index (χ0v) is 26.3. The fraction of sp³-hybridized carbons (Fsp3) is 0.515. The summed E-state index contributed by atoms with van der Waals surface area (Å²) in [7, 11) is 4.63. The lowest BCUT2D eigenvalue weighted by Gasteiger charge is -2.35. The van der Waals surface area contributed by atoms with Crippen LogP contribution >= 0.6 is 0 Å². The maximum absolute atomic E-state index is 13.8. The number of ether oxygens (including phenoxy) is 3. The van der Waals surface area contributed by atoms with Gasteiger partial charge in [0.05, 0.1) is 39.0 Å². The van der Waals surface area contributed by atoms with Crippen LogP contribution in [0.4, 0.5) is 5.69 Å². The smallest absolute Gasteiger partial charge is 0.306 e. The summed E-state index contributed by atoms with van der Waals surface area (Å²) in [4.78, 5) is 53.0. The van der Waals surface area contributed by atoms with Crippen molar-refractivity contribution in [2.45, 2.75) is 65.0 Å². The number of likely N-dealkylation sites (tertiary alicyclic amines) is 1. The molecule has 4 rings (SSSR count). The molecule has 11 heteroatoms. The zero-order chi connectivity index (χ0) is 32.1. The molecule has 0 saturated carbocycles. The summed E-state index contributed by atoms with van der Waals surface area (Å²) < 4.78 is 17.1. The second-order valence-electron chi connectivity index (χ2n) is 11.5. The van der Waals surface area contributed by atoms with E-state index in [-0.39, 0.29) is 28.8 Å². The van der Waals surface area contributed by atoms with Gasteiger partial charge in [-0.25, -0.2) is 0 Å². The van der Waals surface area contributed by atoms with Gasteiger partial charge in [0.15, 0.2) is 11.5 Å². The molecule has 0 unspecified atom stereocenters. The molecule has 2 aromatic rings. The molecule has 44 heavy (non-hydrogen) atoms. The molecule has 1 aliphatic heterocycles. The summed E-state index contributed by atoms with van der Waals surface area (Å²) in [5.41, 5.74) is 2.91. The maximum atomic E-state index is 13.8. The molecule has 2 amide bonds. The number of carbonyl (C=O) groups excluding carboxylic acids is 2. The quantitative estimate of drug-likeness (QED) is 0.364. The Balaban J connectivity index is 1.82. The fourth-order valence-corrected chi connectivity index (χ4v) is 6.22. The molecular formula is C33H43N3O8. The van der Waals surface area contributed by atoms with Crippen molar-refractivity contribution < 1.29 is 33.7 Å². The van der Waals surface area contributed by atoms with Crippen LogP contribution in [0, 0.1) is 11.8 Å².